The number of piperazine rings is 1. The van der Waals surface area contributed by atoms with Crippen LogP contribution in [0.15, 0.2) is 4.99 Å². The van der Waals surface area contributed by atoms with Gasteiger partial charge in [0.2, 0.25) is 5.91 Å². The lowest BCUT2D eigenvalue weighted by Crippen LogP contribution is -2.55. The number of hydrogen-bond donors (Lipinski definition) is 1. The van der Waals surface area contributed by atoms with Gasteiger partial charge in [-0.2, -0.15) is 11.8 Å². The van der Waals surface area contributed by atoms with Crippen molar-refractivity contribution in [2.24, 2.45) is 16.8 Å². The van der Waals surface area contributed by atoms with E-state index in [1.165, 1.54) is 6.42 Å². The van der Waals surface area contributed by atoms with Gasteiger partial charge in [0.15, 0.2) is 5.96 Å². The summed E-state index contributed by atoms with van der Waals surface area (Å²) in [7, 11) is 1.85. The normalized spacial score (nSPS) is 24.7. The minimum Gasteiger partial charge on any atom is -0.355 e. The molecule has 2 unspecified atom stereocenters. The largest absolute Gasteiger partial charge is 0.355 e. The third kappa shape index (κ3) is 7.89. The Morgan fingerprint density at radius 1 is 1.11 bits per heavy atom. The first kappa shape index (κ1) is 25.8. The van der Waals surface area contributed by atoms with Crippen LogP contribution in [-0.2, 0) is 4.79 Å². The van der Waals surface area contributed by atoms with Gasteiger partial charge in [-0.25, -0.2) is 0 Å². The Bertz CT molecular complexity index is 513. The van der Waals surface area contributed by atoms with Crippen molar-refractivity contribution in [3.8, 4) is 0 Å². The summed E-state index contributed by atoms with van der Waals surface area (Å²) >= 11 is 1.86. The third-order valence-corrected chi connectivity index (χ3v) is 6.94. The minimum absolute atomic E-state index is 0. The maximum absolute atomic E-state index is 12.7. The fourth-order valence-corrected chi connectivity index (χ4v) is 4.19. The van der Waals surface area contributed by atoms with Crippen molar-refractivity contribution in [3.05, 3.63) is 0 Å². The number of nitrogens with one attached hydrogen (secondary N) is 1. The van der Waals surface area contributed by atoms with Crippen molar-refractivity contribution in [2.45, 2.75) is 38.9 Å². The Balaban J connectivity index is 0.00000392. The number of thioether (sulfide) groups is 1. The van der Waals surface area contributed by atoms with Crippen LogP contribution in [0.4, 0.5) is 0 Å². The van der Waals surface area contributed by atoms with E-state index in [1.54, 1.807) is 0 Å². The standard InChI is InChI=1S/C20H39N5OS.HI/c1-16-11-17(2)13-25(12-16)18(26)14-23-7-9-24(10-8-23)19(21-5)22-15-20(3,4)27-6;/h16-17H,7-15H2,1-6H3,(H,21,22);1H. The first-order valence-corrected chi connectivity index (χ1v) is 11.5. The van der Waals surface area contributed by atoms with E-state index in [0.717, 1.165) is 51.8 Å². The van der Waals surface area contributed by atoms with Gasteiger partial charge in [0.25, 0.3) is 0 Å². The third-order valence-electron chi connectivity index (χ3n) is 5.69. The van der Waals surface area contributed by atoms with Crippen LogP contribution in [0, 0.1) is 11.8 Å². The number of guanidine groups is 1. The Kier molecular flexibility index (Phi) is 10.9. The molecule has 2 rings (SSSR count). The molecular weight excluding hydrogens is 485 g/mol. The van der Waals surface area contributed by atoms with Gasteiger partial charge in [0.1, 0.15) is 0 Å². The van der Waals surface area contributed by atoms with Crippen molar-refractivity contribution in [3.63, 3.8) is 0 Å². The molecule has 2 atom stereocenters. The second-order valence-corrected chi connectivity index (χ2v) is 10.4. The topological polar surface area (TPSA) is 51.2 Å². The first-order chi connectivity index (χ1) is 12.7. The van der Waals surface area contributed by atoms with Crippen LogP contribution in [-0.4, -0.2) is 97.0 Å². The maximum atomic E-state index is 12.7. The number of nitrogens with zero attached hydrogens (tertiary/aromatic N) is 4. The van der Waals surface area contributed by atoms with E-state index in [9.17, 15) is 4.79 Å². The lowest BCUT2D eigenvalue weighted by Gasteiger charge is -2.39. The van der Waals surface area contributed by atoms with Gasteiger partial charge in [0.05, 0.1) is 6.54 Å². The van der Waals surface area contributed by atoms with Crippen molar-refractivity contribution >= 4 is 47.6 Å². The molecule has 2 heterocycles. The van der Waals surface area contributed by atoms with Gasteiger partial charge in [-0.05, 0) is 38.4 Å². The van der Waals surface area contributed by atoms with Crippen molar-refractivity contribution in [2.75, 3.05) is 65.7 Å². The highest BCUT2D eigenvalue weighted by Gasteiger charge is 2.28. The molecule has 0 saturated carbocycles. The fraction of sp³-hybridized carbons (Fsp3) is 0.900. The summed E-state index contributed by atoms with van der Waals surface area (Å²) in [5.74, 6) is 2.51. The van der Waals surface area contributed by atoms with Gasteiger partial charge < -0.3 is 15.1 Å². The number of piperidine rings is 1. The molecule has 0 aromatic carbocycles. The zero-order valence-electron chi connectivity index (χ0n) is 18.5. The van der Waals surface area contributed by atoms with Crippen LogP contribution in [0.2, 0.25) is 0 Å². The zero-order valence-corrected chi connectivity index (χ0v) is 21.7. The van der Waals surface area contributed by atoms with Crippen LogP contribution < -0.4 is 5.32 Å². The molecule has 0 aliphatic carbocycles. The van der Waals surface area contributed by atoms with E-state index in [2.05, 4.69) is 59.0 Å². The van der Waals surface area contributed by atoms with E-state index in [1.807, 2.05) is 18.8 Å². The van der Waals surface area contributed by atoms with Gasteiger partial charge in [-0.1, -0.05) is 13.8 Å². The molecule has 2 aliphatic heterocycles. The number of carbonyl (C=O) groups excluding carboxylic acids is 1. The molecule has 6 nitrogen and oxygen atoms in total. The number of aliphatic imine (C=N–C) groups is 1. The number of rotatable bonds is 5. The van der Waals surface area contributed by atoms with Gasteiger partial charge in [-0.15, -0.1) is 24.0 Å². The maximum Gasteiger partial charge on any atom is 0.236 e. The molecular formula is C20H40IN5OS. The van der Waals surface area contributed by atoms with Crippen LogP contribution in [0.3, 0.4) is 0 Å². The predicted molar refractivity (Wildman–Crippen MR) is 132 cm³/mol. The molecule has 0 spiro atoms. The SMILES string of the molecule is CN=C(NCC(C)(C)SC)N1CCN(CC(=O)N2CC(C)CC(C)C2)CC1.I. The molecule has 2 aliphatic rings. The van der Waals surface area contributed by atoms with E-state index < -0.39 is 0 Å². The molecule has 0 aromatic rings. The molecule has 2 fully saturated rings. The van der Waals surface area contributed by atoms with Crippen molar-refractivity contribution in [1.82, 2.24) is 20.0 Å². The first-order valence-electron chi connectivity index (χ1n) is 10.2. The summed E-state index contributed by atoms with van der Waals surface area (Å²) in [6.07, 6.45) is 3.38. The highest BCUT2D eigenvalue weighted by molar-refractivity contribution is 14.0. The molecule has 28 heavy (non-hydrogen) atoms. The second-order valence-electron chi connectivity index (χ2n) is 8.87. The van der Waals surface area contributed by atoms with Crippen LogP contribution in [0.1, 0.15) is 34.1 Å². The summed E-state index contributed by atoms with van der Waals surface area (Å²) < 4.78 is 0.187. The highest BCUT2D eigenvalue weighted by atomic mass is 127. The monoisotopic (exact) mass is 525 g/mol. The Morgan fingerprint density at radius 3 is 2.18 bits per heavy atom. The van der Waals surface area contributed by atoms with Crippen molar-refractivity contribution in [1.29, 1.82) is 0 Å². The minimum atomic E-state index is 0. The van der Waals surface area contributed by atoms with E-state index in [0.29, 0.717) is 24.3 Å². The van der Waals surface area contributed by atoms with E-state index in [4.69, 9.17) is 0 Å². The highest BCUT2D eigenvalue weighted by Crippen LogP contribution is 2.21. The number of amides is 1. The summed E-state index contributed by atoms with van der Waals surface area (Å²) in [5, 5.41) is 3.51. The quantitative estimate of drug-likeness (QED) is 0.340. The lowest BCUT2D eigenvalue weighted by molar-refractivity contribution is -0.135. The van der Waals surface area contributed by atoms with E-state index in [-0.39, 0.29) is 28.7 Å². The second kappa shape index (κ2) is 11.8. The molecule has 0 radical (unpaired) electrons. The average Bonchev–Trinajstić information content (AvgIpc) is 2.62. The van der Waals surface area contributed by atoms with Gasteiger partial charge >= 0.3 is 0 Å². The van der Waals surface area contributed by atoms with Gasteiger partial charge in [-0.3, -0.25) is 14.7 Å². The number of likely N-dealkylation sites (tertiary alicyclic amines) is 1. The lowest BCUT2D eigenvalue weighted by atomic mass is 9.92. The number of carbonyl (C=O) groups is 1. The molecule has 1 amide bonds. The molecule has 2 saturated heterocycles. The van der Waals surface area contributed by atoms with Crippen molar-refractivity contribution < 1.29 is 4.79 Å². The molecule has 8 heteroatoms. The zero-order chi connectivity index (χ0) is 20.0. The summed E-state index contributed by atoms with van der Waals surface area (Å²) in [6, 6.07) is 0. The van der Waals surface area contributed by atoms with Gasteiger partial charge in [0, 0.05) is 57.6 Å². The number of hydrogen-bond acceptors (Lipinski definition) is 4. The number of halogens is 1. The van der Waals surface area contributed by atoms with Crippen LogP contribution in [0.25, 0.3) is 0 Å². The van der Waals surface area contributed by atoms with Crippen LogP contribution in [0.5, 0.6) is 0 Å². The summed E-state index contributed by atoms with van der Waals surface area (Å²) in [5.41, 5.74) is 0. The Hall–Kier alpha value is -0.220. The average molecular weight is 526 g/mol. The molecule has 0 bridgehead atoms. The summed E-state index contributed by atoms with van der Waals surface area (Å²) in [6.45, 7) is 15.9. The molecule has 0 aromatic heterocycles. The van der Waals surface area contributed by atoms with Crippen LogP contribution >= 0.6 is 35.7 Å². The summed E-state index contributed by atoms with van der Waals surface area (Å²) in [4.78, 5) is 23.8. The Labute approximate surface area is 193 Å². The van der Waals surface area contributed by atoms with E-state index >= 15 is 0 Å². The molecule has 164 valence electrons. The molecule has 1 N–H and O–H groups in total. The smallest absolute Gasteiger partial charge is 0.236 e. The fourth-order valence-electron chi connectivity index (χ4n) is 3.97. The predicted octanol–water partition coefficient (Wildman–Crippen LogP) is 2.44. The Morgan fingerprint density at radius 2 is 1.68 bits per heavy atom.